The first-order valence-electron chi connectivity index (χ1n) is 7.70. The number of rotatable bonds is 6. The molecular formula is C19H17N3O3. The van der Waals surface area contributed by atoms with Gasteiger partial charge in [-0.25, -0.2) is 4.98 Å². The molecule has 1 N–H and O–H groups in total. The van der Waals surface area contributed by atoms with Crippen LogP contribution < -0.4 is 14.8 Å². The maximum atomic E-state index is 9.00. The Morgan fingerprint density at radius 1 is 1.04 bits per heavy atom. The van der Waals surface area contributed by atoms with Gasteiger partial charge in [0.2, 0.25) is 11.6 Å². The van der Waals surface area contributed by atoms with E-state index in [0.717, 1.165) is 22.8 Å². The van der Waals surface area contributed by atoms with Gasteiger partial charge in [0.15, 0.2) is 5.89 Å². The van der Waals surface area contributed by atoms with Crippen molar-refractivity contribution in [1.29, 1.82) is 5.26 Å². The number of aromatic nitrogens is 1. The fraction of sp³-hybridized carbons (Fsp3) is 0.158. The normalized spacial score (nSPS) is 10.1. The van der Waals surface area contributed by atoms with Crippen LogP contribution in [-0.4, -0.2) is 12.1 Å². The van der Waals surface area contributed by atoms with Crippen LogP contribution in [0, 0.1) is 18.3 Å². The van der Waals surface area contributed by atoms with Gasteiger partial charge in [-0.1, -0.05) is 12.1 Å². The van der Waals surface area contributed by atoms with Crippen LogP contribution in [0.1, 0.15) is 17.1 Å². The van der Waals surface area contributed by atoms with E-state index in [-0.39, 0.29) is 5.69 Å². The van der Waals surface area contributed by atoms with E-state index in [1.165, 1.54) is 0 Å². The third-order valence-electron chi connectivity index (χ3n) is 3.51. The Morgan fingerprint density at radius 3 is 2.24 bits per heavy atom. The molecule has 0 saturated carbocycles. The zero-order valence-electron chi connectivity index (χ0n) is 13.9. The summed E-state index contributed by atoms with van der Waals surface area (Å²) in [5, 5.41) is 12.1. The van der Waals surface area contributed by atoms with Crippen molar-refractivity contribution in [3.63, 3.8) is 0 Å². The molecule has 0 fully saturated rings. The van der Waals surface area contributed by atoms with E-state index < -0.39 is 0 Å². The van der Waals surface area contributed by atoms with Crippen LogP contribution in [0.2, 0.25) is 0 Å². The molecule has 0 saturated heterocycles. The molecule has 0 aliphatic rings. The Kier molecular flexibility index (Phi) is 4.86. The predicted octanol–water partition coefficient (Wildman–Crippen LogP) is 4.27. The van der Waals surface area contributed by atoms with Crippen molar-refractivity contribution in [2.75, 3.05) is 12.4 Å². The van der Waals surface area contributed by atoms with Crippen LogP contribution in [0.25, 0.3) is 0 Å². The summed E-state index contributed by atoms with van der Waals surface area (Å²) in [6.07, 6.45) is 0. The largest absolute Gasteiger partial charge is 0.497 e. The summed E-state index contributed by atoms with van der Waals surface area (Å²) in [7, 11) is 1.63. The van der Waals surface area contributed by atoms with E-state index in [4.69, 9.17) is 19.2 Å². The van der Waals surface area contributed by atoms with E-state index in [1.54, 1.807) is 14.0 Å². The summed E-state index contributed by atoms with van der Waals surface area (Å²) in [5.74, 6) is 3.11. The molecule has 1 heterocycles. The first kappa shape index (κ1) is 16.4. The predicted molar refractivity (Wildman–Crippen MR) is 92.8 cm³/mol. The standard InChI is InChI=1S/C19H17N3O3/c1-13-22-18(11-20)19(24-13)21-12-14-3-5-16(6-4-14)25-17-9-7-15(23-2)8-10-17/h3-10,21H,12H2,1-2H3. The molecule has 3 aromatic rings. The fourth-order valence-corrected chi connectivity index (χ4v) is 2.26. The minimum Gasteiger partial charge on any atom is -0.497 e. The van der Waals surface area contributed by atoms with E-state index in [1.807, 2.05) is 54.6 Å². The Morgan fingerprint density at radius 2 is 1.64 bits per heavy atom. The average molecular weight is 335 g/mol. The molecule has 0 aliphatic carbocycles. The monoisotopic (exact) mass is 335 g/mol. The lowest BCUT2D eigenvalue weighted by Gasteiger charge is -2.08. The van der Waals surface area contributed by atoms with Gasteiger partial charge < -0.3 is 19.2 Å². The van der Waals surface area contributed by atoms with E-state index in [2.05, 4.69) is 10.3 Å². The zero-order valence-corrected chi connectivity index (χ0v) is 13.9. The van der Waals surface area contributed by atoms with Gasteiger partial charge in [-0.15, -0.1) is 0 Å². The number of nitriles is 1. The highest BCUT2D eigenvalue weighted by atomic mass is 16.5. The van der Waals surface area contributed by atoms with Crippen LogP contribution in [0.3, 0.4) is 0 Å². The molecule has 6 nitrogen and oxygen atoms in total. The smallest absolute Gasteiger partial charge is 0.232 e. The lowest BCUT2D eigenvalue weighted by Crippen LogP contribution is -1.99. The van der Waals surface area contributed by atoms with Crippen molar-refractivity contribution < 1.29 is 13.9 Å². The Balaban J connectivity index is 1.60. The number of methoxy groups -OCH3 is 1. The van der Waals surface area contributed by atoms with Crippen LogP contribution in [0.15, 0.2) is 52.9 Å². The minimum absolute atomic E-state index is 0.261. The van der Waals surface area contributed by atoms with Crippen molar-refractivity contribution >= 4 is 5.88 Å². The van der Waals surface area contributed by atoms with Gasteiger partial charge >= 0.3 is 0 Å². The molecule has 2 aromatic carbocycles. The van der Waals surface area contributed by atoms with Crippen LogP contribution >= 0.6 is 0 Å². The van der Waals surface area contributed by atoms with E-state index in [9.17, 15) is 0 Å². The molecule has 6 heteroatoms. The number of nitrogens with one attached hydrogen (secondary N) is 1. The van der Waals surface area contributed by atoms with Gasteiger partial charge in [-0.05, 0) is 42.0 Å². The quantitative estimate of drug-likeness (QED) is 0.724. The Labute approximate surface area is 145 Å². The maximum absolute atomic E-state index is 9.00. The summed E-state index contributed by atoms with van der Waals surface area (Å²) < 4.78 is 16.3. The van der Waals surface area contributed by atoms with E-state index in [0.29, 0.717) is 18.3 Å². The number of anilines is 1. The number of aryl methyl sites for hydroxylation is 1. The van der Waals surface area contributed by atoms with Gasteiger partial charge in [-0.3, -0.25) is 0 Å². The number of benzene rings is 2. The second-order valence-corrected chi connectivity index (χ2v) is 5.30. The first-order valence-corrected chi connectivity index (χ1v) is 7.70. The summed E-state index contributed by atoms with van der Waals surface area (Å²) >= 11 is 0. The van der Waals surface area contributed by atoms with Gasteiger partial charge in [0.05, 0.1) is 7.11 Å². The molecule has 0 bridgehead atoms. The number of hydrogen-bond acceptors (Lipinski definition) is 6. The molecule has 0 aliphatic heterocycles. The van der Waals surface area contributed by atoms with Crippen molar-refractivity contribution in [3.8, 4) is 23.3 Å². The average Bonchev–Trinajstić information content (AvgIpc) is 3.01. The third kappa shape index (κ3) is 4.09. The molecule has 0 atom stereocenters. The van der Waals surface area contributed by atoms with Crippen LogP contribution in [0.5, 0.6) is 17.2 Å². The number of nitrogens with zero attached hydrogens (tertiary/aromatic N) is 2. The fourth-order valence-electron chi connectivity index (χ4n) is 2.26. The second kappa shape index (κ2) is 7.41. The Hall–Kier alpha value is -3.46. The summed E-state index contributed by atoms with van der Waals surface area (Å²) in [5.41, 5.74) is 1.29. The molecule has 25 heavy (non-hydrogen) atoms. The molecule has 0 amide bonds. The maximum Gasteiger partial charge on any atom is 0.232 e. The van der Waals surface area contributed by atoms with Crippen LogP contribution in [-0.2, 0) is 6.54 Å². The van der Waals surface area contributed by atoms with Crippen molar-refractivity contribution in [2.24, 2.45) is 0 Å². The minimum atomic E-state index is 0.261. The first-order chi connectivity index (χ1) is 12.2. The molecule has 0 spiro atoms. The zero-order chi connectivity index (χ0) is 17.6. The van der Waals surface area contributed by atoms with E-state index >= 15 is 0 Å². The Bertz CT molecular complexity index is 878. The number of oxazole rings is 1. The summed E-state index contributed by atoms with van der Waals surface area (Å²) in [4.78, 5) is 4.00. The lowest BCUT2D eigenvalue weighted by atomic mass is 10.2. The molecular weight excluding hydrogens is 318 g/mol. The summed E-state index contributed by atoms with van der Waals surface area (Å²) in [6, 6.07) is 17.1. The van der Waals surface area contributed by atoms with Gasteiger partial charge in [0, 0.05) is 13.5 Å². The highest BCUT2D eigenvalue weighted by molar-refractivity contribution is 5.46. The van der Waals surface area contributed by atoms with Gasteiger partial charge in [0.25, 0.3) is 0 Å². The van der Waals surface area contributed by atoms with Gasteiger partial charge in [0.1, 0.15) is 23.3 Å². The highest BCUT2D eigenvalue weighted by Crippen LogP contribution is 2.24. The topological polar surface area (TPSA) is 80.3 Å². The molecule has 0 unspecified atom stereocenters. The lowest BCUT2D eigenvalue weighted by molar-refractivity contribution is 0.413. The summed E-state index contributed by atoms with van der Waals surface area (Å²) in [6.45, 7) is 2.23. The van der Waals surface area contributed by atoms with Crippen molar-refractivity contribution in [1.82, 2.24) is 4.98 Å². The molecule has 126 valence electrons. The third-order valence-corrected chi connectivity index (χ3v) is 3.51. The van der Waals surface area contributed by atoms with Crippen molar-refractivity contribution in [3.05, 3.63) is 65.7 Å². The number of hydrogen-bond donors (Lipinski definition) is 1. The van der Waals surface area contributed by atoms with Crippen molar-refractivity contribution in [2.45, 2.75) is 13.5 Å². The molecule has 1 aromatic heterocycles. The van der Waals surface area contributed by atoms with Gasteiger partial charge in [-0.2, -0.15) is 5.26 Å². The highest BCUT2D eigenvalue weighted by Gasteiger charge is 2.09. The number of ether oxygens (including phenoxy) is 2. The molecule has 3 rings (SSSR count). The molecule has 0 radical (unpaired) electrons. The van der Waals surface area contributed by atoms with Crippen LogP contribution in [0.4, 0.5) is 5.88 Å². The second-order valence-electron chi connectivity index (χ2n) is 5.30. The SMILES string of the molecule is COc1ccc(Oc2ccc(CNc3oc(C)nc3C#N)cc2)cc1.